The predicted molar refractivity (Wildman–Crippen MR) is 45.0 cm³/mol. The molecule has 0 saturated heterocycles. The normalized spacial score (nSPS) is 10.4. The molecule has 0 unspecified atom stereocenters. The minimum Gasteiger partial charge on any atom is -0.494 e. The van der Waals surface area contributed by atoms with Crippen LogP contribution in [0.15, 0.2) is 10.9 Å². The maximum atomic E-state index is 12.4. The van der Waals surface area contributed by atoms with Gasteiger partial charge in [0, 0.05) is 6.07 Å². The lowest BCUT2D eigenvalue weighted by atomic mass is 10.1. The number of H-pyrrole nitrogens is 1. The summed E-state index contributed by atoms with van der Waals surface area (Å²) in [5.41, 5.74) is -2.45. The van der Waals surface area contributed by atoms with Crippen LogP contribution in [0.1, 0.15) is 22.3 Å². The lowest BCUT2D eigenvalue weighted by molar-refractivity contribution is 0.0587. The van der Waals surface area contributed by atoms with Gasteiger partial charge < -0.3 is 9.84 Å². The molecule has 5 nitrogen and oxygen atoms in total. The van der Waals surface area contributed by atoms with Crippen LogP contribution >= 0.6 is 0 Å². The van der Waals surface area contributed by atoms with Crippen LogP contribution in [-0.4, -0.2) is 23.2 Å². The SMILES string of the molecule is COC(=O)c1cc(=O)[nH]c(O)c1C(F)F. The highest BCUT2D eigenvalue weighted by Crippen LogP contribution is 2.28. The van der Waals surface area contributed by atoms with Gasteiger partial charge in [-0.15, -0.1) is 0 Å². The number of aromatic amines is 1. The zero-order chi connectivity index (χ0) is 11.6. The lowest BCUT2D eigenvalue weighted by Gasteiger charge is -2.07. The molecule has 0 spiro atoms. The van der Waals surface area contributed by atoms with Crippen molar-refractivity contribution in [2.24, 2.45) is 0 Å². The molecule has 1 rings (SSSR count). The first-order chi connectivity index (χ1) is 6.97. The summed E-state index contributed by atoms with van der Waals surface area (Å²) in [5.74, 6) is -2.13. The first-order valence-electron chi connectivity index (χ1n) is 3.80. The third-order valence-electron chi connectivity index (χ3n) is 1.69. The Hall–Kier alpha value is -1.92. The average Bonchev–Trinajstić information content (AvgIpc) is 2.14. The maximum Gasteiger partial charge on any atom is 0.338 e. The van der Waals surface area contributed by atoms with E-state index in [2.05, 4.69) is 4.74 Å². The van der Waals surface area contributed by atoms with Gasteiger partial charge in [0.05, 0.1) is 18.2 Å². The van der Waals surface area contributed by atoms with Crippen molar-refractivity contribution in [3.8, 4) is 5.88 Å². The Kier molecular flexibility index (Phi) is 3.03. The molecule has 0 aliphatic carbocycles. The molecule has 0 aromatic carbocycles. The first-order valence-corrected chi connectivity index (χ1v) is 3.80. The van der Waals surface area contributed by atoms with Crippen LogP contribution in [0.25, 0.3) is 0 Å². The first kappa shape index (κ1) is 11.2. The lowest BCUT2D eigenvalue weighted by Crippen LogP contribution is -2.14. The molecule has 0 amide bonds. The number of ether oxygens (including phenoxy) is 1. The monoisotopic (exact) mass is 219 g/mol. The number of halogens is 2. The highest BCUT2D eigenvalue weighted by molar-refractivity contribution is 5.91. The molecule has 0 fully saturated rings. The van der Waals surface area contributed by atoms with E-state index in [0.29, 0.717) is 6.07 Å². The van der Waals surface area contributed by atoms with E-state index in [0.717, 1.165) is 7.11 Å². The number of nitrogens with one attached hydrogen (secondary N) is 1. The fourth-order valence-corrected chi connectivity index (χ4v) is 1.06. The van der Waals surface area contributed by atoms with E-state index in [-0.39, 0.29) is 0 Å². The molecule has 1 aromatic rings. The summed E-state index contributed by atoms with van der Waals surface area (Å²) in [7, 11) is 0.982. The van der Waals surface area contributed by atoms with E-state index in [9.17, 15) is 18.4 Å². The Balaban J connectivity index is 3.46. The van der Waals surface area contributed by atoms with Gasteiger partial charge in [0.25, 0.3) is 12.0 Å². The molecule has 0 aliphatic rings. The van der Waals surface area contributed by atoms with Gasteiger partial charge >= 0.3 is 5.97 Å². The standard InChI is InChI=1S/C8H7F2NO4/c1-15-8(14)3-2-4(12)11-7(13)5(3)6(9)10/h2,6H,1H3,(H2,11,12,13). The van der Waals surface area contributed by atoms with Gasteiger partial charge in [0.2, 0.25) is 5.88 Å². The number of pyridine rings is 1. The summed E-state index contributed by atoms with van der Waals surface area (Å²) >= 11 is 0. The van der Waals surface area contributed by atoms with Crippen molar-refractivity contribution in [1.29, 1.82) is 0 Å². The Morgan fingerprint density at radius 3 is 2.67 bits per heavy atom. The largest absolute Gasteiger partial charge is 0.494 e. The third-order valence-corrected chi connectivity index (χ3v) is 1.69. The number of methoxy groups -OCH3 is 1. The quantitative estimate of drug-likeness (QED) is 0.721. The smallest absolute Gasteiger partial charge is 0.338 e. The van der Waals surface area contributed by atoms with Crippen LogP contribution in [-0.2, 0) is 4.74 Å². The molecule has 82 valence electrons. The number of alkyl halides is 2. The van der Waals surface area contributed by atoms with E-state index in [1.54, 1.807) is 4.98 Å². The van der Waals surface area contributed by atoms with Crippen molar-refractivity contribution >= 4 is 5.97 Å². The van der Waals surface area contributed by atoms with E-state index in [4.69, 9.17) is 5.11 Å². The molecule has 0 atom stereocenters. The second kappa shape index (κ2) is 4.07. The number of hydrogen-bond donors (Lipinski definition) is 2. The Labute approximate surface area is 82.3 Å². The molecular weight excluding hydrogens is 212 g/mol. The van der Waals surface area contributed by atoms with Gasteiger partial charge in [-0.25, -0.2) is 13.6 Å². The van der Waals surface area contributed by atoms with Gasteiger partial charge in [0.1, 0.15) is 0 Å². The topological polar surface area (TPSA) is 79.4 Å². The van der Waals surface area contributed by atoms with Crippen LogP contribution in [0, 0.1) is 0 Å². The number of hydrogen-bond acceptors (Lipinski definition) is 4. The number of esters is 1. The molecular formula is C8H7F2NO4. The summed E-state index contributed by atoms with van der Waals surface area (Å²) in [6, 6.07) is 0.646. The van der Waals surface area contributed by atoms with Crippen LogP contribution < -0.4 is 5.56 Å². The highest BCUT2D eigenvalue weighted by atomic mass is 19.3. The molecule has 0 bridgehead atoms. The zero-order valence-corrected chi connectivity index (χ0v) is 7.58. The van der Waals surface area contributed by atoms with Crippen molar-refractivity contribution in [1.82, 2.24) is 4.98 Å². The van der Waals surface area contributed by atoms with Crippen molar-refractivity contribution in [3.63, 3.8) is 0 Å². The summed E-state index contributed by atoms with van der Waals surface area (Å²) in [6.45, 7) is 0. The van der Waals surface area contributed by atoms with E-state index in [1.807, 2.05) is 0 Å². The van der Waals surface area contributed by atoms with Gasteiger partial charge in [-0.3, -0.25) is 9.78 Å². The van der Waals surface area contributed by atoms with E-state index < -0.39 is 35.0 Å². The van der Waals surface area contributed by atoms with E-state index in [1.165, 1.54) is 0 Å². The molecule has 7 heteroatoms. The van der Waals surface area contributed by atoms with Gasteiger partial charge in [-0.05, 0) is 0 Å². The average molecular weight is 219 g/mol. The van der Waals surface area contributed by atoms with Gasteiger partial charge in [-0.1, -0.05) is 0 Å². The Morgan fingerprint density at radius 1 is 1.60 bits per heavy atom. The highest BCUT2D eigenvalue weighted by Gasteiger charge is 2.24. The number of aromatic hydroxyl groups is 1. The Bertz CT molecular complexity index is 441. The summed E-state index contributed by atoms with van der Waals surface area (Å²) in [5, 5.41) is 9.04. The van der Waals surface area contributed by atoms with Crippen molar-refractivity contribution in [2.45, 2.75) is 6.43 Å². The minimum atomic E-state index is -3.09. The van der Waals surface area contributed by atoms with Gasteiger partial charge in [-0.2, -0.15) is 0 Å². The van der Waals surface area contributed by atoms with Gasteiger partial charge in [0.15, 0.2) is 0 Å². The Morgan fingerprint density at radius 2 is 2.20 bits per heavy atom. The molecule has 15 heavy (non-hydrogen) atoms. The molecule has 1 aromatic heterocycles. The second-order valence-electron chi connectivity index (χ2n) is 2.60. The summed E-state index contributed by atoms with van der Waals surface area (Å²) in [4.78, 5) is 23.6. The molecule has 0 radical (unpaired) electrons. The van der Waals surface area contributed by atoms with Crippen molar-refractivity contribution < 1.29 is 23.4 Å². The third kappa shape index (κ3) is 2.12. The van der Waals surface area contributed by atoms with Crippen molar-refractivity contribution in [2.75, 3.05) is 7.11 Å². The fraction of sp³-hybridized carbons (Fsp3) is 0.250. The number of carbonyl (C=O) groups excluding carboxylic acids is 1. The van der Waals surface area contributed by atoms with Crippen LogP contribution in [0.2, 0.25) is 0 Å². The zero-order valence-electron chi connectivity index (χ0n) is 7.58. The molecule has 1 heterocycles. The number of aromatic nitrogens is 1. The second-order valence-corrected chi connectivity index (χ2v) is 2.60. The maximum absolute atomic E-state index is 12.4. The minimum absolute atomic E-state index is 0.645. The van der Waals surface area contributed by atoms with Crippen LogP contribution in [0.4, 0.5) is 8.78 Å². The molecule has 0 aliphatic heterocycles. The number of carbonyl (C=O) groups is 1. The van der Waals surface area contributed by atoms with E-state index >= 15 is 0 Å². The predicted octanol–water partition coefficient (Wildman–Crippen LogP) is 0.805. The van der Waals surface area contributed by atoms with Crippen molar-refractivity contribution in [3.05, 3.63) is 27.5 Å². The summed E-state index contributed by atoms with van der Waals surface area (Å²) < 4.78 is 29.1. The number of rotatable bonds is 2. The fourth-order valence-electron chi connectivity index (χ4n) is 1.06. The summed E-state index contributed by atoms with van der Waals surface area (Å²) in [6.07, 6.45) is -3.09. The van der Waals surface area contributed by atoms with Crippen LogP contribution in [0.5, 0.6) is 5.88 Å². The molecule has 0 saturated carbocycles. The molecule has 2 N–H and O–H groups in total. The van der Waals surface area contributed by atoms with Crippen LogP contribution in [0.3, 0.4) is 0 Å².